The van der Waals surface area contributed by atoms with Crippen LogP contribution in [-0.4, -0.2) is 24.7 Å². The number of halogens is 1. The number of amides is 1. The molecule has 0 saturated heterocycles. The number of carbonyl (C=O) groups is 1. The van der Waals surface area contributed by atoms with Gasteiger partial charge in [0.15, 0.2) is 0 Å². The van der Waals surface area contributed by atoms with Gasteiger partial charge in [-0.25, -0.2) is 0 Å². The van der Waals surface area contributed by atoms with Crippen LogP contribution in [-0.2, 0) is 0 Å². The van der Waals surface area contributed by atoms with Crippen molar-refractivity contribution >= 4 is 21.8 Å². The Morgan fingerprint density at radius 1 is 1.29 bits per heavy atom. The Balaban J connectivity index is 2.20. The van der Waals surface area contributed by atoms with Crippen molar-refractivity contribution in [3.8, 4) is 5.75 Å². The number of nitrogens with one attached hydrogen (secondary N) is 1. The second-order valence-corrected chi connectivity index (χ2v) is 5.32. The van der Waals surface area contributed by atoms with Gasteiger partial charge in [0.25, 0.3) is 5.91 Å². The fourth-order valence-corrected chi connectivity index (χ4v) is 2.39. The number of methoxy groups -OCH3 is 1. The van der Waals surface area contributed by atoms with E-state index in [1.807, 2.05) is 30.3 Å². The number of hydrogen-bond acceptors (Lipinski definition) is 3. The summed E-state index contributed by atoms with van der Waals surface area (Å²) in [7, 11) is 1.55. The van der Waals surface area contributed by atoms with Gasteiger partial charge in [-0.05, 0) is 39.7 Å². The molecule has 1 atom stereocenters. The number of ether oxygens (including phenoxy) is 1. The molecule has 0 aliphatic carbocycles. The minimum Gasteiger partial charge on any atom is -0.497 e. The van der Waals surface area contributed by atoms with Gasteiger partial charge in [-0.1, -0.05) is 30.3 Å². The lowest BCUT2D eigenvalue weighted by Crippen LogP contribution is -2.31. The van der Waals surface area contributed by atoms with Crippen LogP contribution in [0.3, 0.4) is 0 Å². The van der Waals surface area contributed by atoms with Crippen LogP contribution < -0.4 is 10.1 Å². The fourth-order valence-electron chi connectivity index (χ4n) is 1.96. The largest absolute Gasteiger partial charge is 0.497 e. The molecule has 0 aliphatic heterocycles. The molecule has 0 spiro atoms. The van der Waals surface area contributed by atoms with Crippen molar-refractivity contribution in [2.45, 2.75) is 6.04 Å². The Bertz CT molecular complexity index is 616. The third-order valence-electron chi connectivity index (χ3n) is 3.11. The molecule has 0 aliphatic rings. The first kappa shape index (κ1) is 15.5. The molecule has 0 radical (unpaired) electrons. The minimum absolute atomic E-state index is 0.169. The third kappa shape index (κ3) is 3.83. The molecule has 1 amide bonds. The van der Waals surface area contributed by atoms with Gasteiger partial charge in [0.1, 0.15) is 5.75 Å². The van der Waals surface area contributed by atoms with Crippen LogP contribution in [0.15, 0.2) is 53.0 Å². The molecule has 2 aromatic rings. The lowest BCUT2D eigenvalue weighted by molar-refractivity contribution is 0.0915. The van der Waals surface area contributed by atoms with E-state index in [1.165, 1.54) is 0 Å². The second kappa shape index (κ2) is 7.24. The highest BCUT2D eigenvalue weighted by Crippen LogP contribution is 2.23. The van der Waals surface area contributed by atoms with Gasteiger partial charge < -0.3 is 15.2 Å². The van der Waals surface area contributed by atoms with Crippen LogP contribution in [0, 0.1) is 0 Å². The number of rotatable bonds is 5. The third-order valence-corrected chi connectivity index (χ3v) is 3.80. The van der Waals surface area contributed by atoms with Crippen molar-refractivity contribution in [1.29, 1.82) is 0 Å². The Kier molecular flexibility index (Phi) is 5.36. The summed E-state index contributed by atoms with van der Waals surface area (Å²) in [6.45, 7) is -0.169. The predicted molar refractivity (Wildman–Crippen MR) is 84.4 cm³/mol. The quantitative estimate of drug-likeness (QED) is 0.872. The first-order valence-corrected chi connectivity index (χ1v) is 7.25. The van der Waals surface area contributed by atoms with Crippen molar-refractivity contribution in [2.24, 2.45) is 0 Å². The average molecular weight is 350 g/mol. The Labute approximate surface area is 131 Å². The van der Waals surface area contributed by atoms with Crippen LogP contribution in [0.25, 0.3) is 0 Å². The monoisotopic (exact) mass is 349 g/mol. The standard InChI is InChI=1S/C16H16BrNO3/c1-21-12-7-8-14(17)13(9-12)16(20)18-15(10-19)11-5-3-2-4-6-11/h2-9,15,19H,10H2,1H3,(H,18,20)/t15-/m0/s1. The Morgan fingerprint density at radius 2 is 2.00 bits per heavy atom. The smallest absolute Gasteiger partial charge is 0.253 e. The molecule has 5 heteroatoms. The van der Waals surface area contributed by atoms with Crippen molar-refractivity contribution in [3.63, 3.8) is 0 Å². The summed E-state index contributed by atoms with van der Waals surface area (Å²) in [5.74, 6) is 0.326. The van der Waals surface area contributed by atoms with E-state index in [-0.39, 0.29) is 12.5 Å². The first-order chi connectivity index (χ1) is 10.2. The number of hydrogen-bond donors (Lipinski definition) is 2. The summed E-state index contributed by atoms with van der Waals surface area (Å²) >= 11 is 3.35. The summed E-state index contributed by atoms with van der Waals surface area (Å²) in [5, 5.41) is 12.3. The predicted octanol–water partition coefficient (Wildman–Crippen LogP) is 2.92. The van der Waals surface area contributed by atoms with E-state index in [0.29, 0.717) is 15.8 Å². The second-order valence-electron chi connectivity index (χ2n) is 4.47. The molecule has 0 saturated carbocycles. The normalized spacial score (nSPS) is 11.8. The summed E-state index contributed by atoms with van der Waals surface area (Å²) in [6, 6.07) is 14.1. The van der Waals surface area contributed by atoms with Crippen LogP contribution in [0.4, 0.5) is 0 Å². The molecule has 0 fully saturated rings. The highest BCUT2D eigenvalue weighted by molar-refractivity contribution is 9.10. The van der Waals surface area contributed by atoms with E-state index in [1.54, 1.807) is 25.3 Å². The molecule has 110 valence electrons. The molecule has 2 aromatic carbocycles. The highest BCUT2D eigenvalue weighted by Gasteiger charge is 2.17. The van der Waals surface area contributed by atoms with E-state index >= 15 is 0 Å². The van der Waals surface area contributed by atoms with E-state index < -0.39 is 6.04 Å². The highest BCUT2D eigenvalue weighted by atomic mass is 79.9. The van der Waals surface area contributed by atoms with E-state index in [0.717, 1.165) is 5.56 Å². The molecule has 0 bridgehead atoms. The average Bonchev–Trinajstić information content (AvgIpc) is 2.53. The summed E-state index contributed by atoms with van der Waals surface area (Å²) < 4.78 is 5.80. The molecule has 4 nitrogen and oxygen atoms in total. The van der Waals surface area contributed by atoms with E-state index in [2.05, 4.69) is 21.2 Å². The molecule has 0 unspecified atom stereocenters. The summed E-state index contributed by atoms with van der Waals surface area (Å²) in [6.07, 6.45) is 0. The number of carbonyl (C=O) groups excluding carboxylic acids is 1. The van der Waals surface area contributed by atoms with Crippen LogP contribution in [0.1, 0.15) is 22.0 Å². The fraction of sp³-hybridized carbons (Fsp3) is 0.188. The molecular weight excluding hydrogens is 334 g/mol. The van der Waals surface area contributed by atoms with Gasteiger partial charge in [0.05, 0.1) is 25.3 Å². The van der Waals surface area contributed by atoms with Gasteiger partial charge in [-0.3, -0.25) is 4.79 Å². The lowest BCUT2D eigenvalue weighted by Gasteiger charge is -2.17. The molecule has 2 rings (SSSR count). The molecule has 21 heavy (non-hydrogen) atoms. The van der Waals surface area contributed by atoms with Gasteiger partial charge in [0, 0.05) is 4.47 Å². The van der Waals surface area contributed by atoms with E-state index in [4.69, 9.17) is 4.74 Å². The molecular formula is C16H16BrNO3. The summed E-state index contributed by atoms with van der Waals surface area (Å²) in [4.78, 5) is 12.4. The zero-order valence-corrected chi connectivity index (χ0v) is 13.1. The van der Waals surface area contributed by atoms with E-state index in [9.17, 15) is 9.90 Å². The maximum atomic E-state index is 12.4. The van der Waals surface area contributed by atoms with Crippen molar-refractivity contribution in [1.82, 2.24) is 5.32 Å². The zero-order chi connectivity index (χ0) is 15.2. The molecule has 2 N–H and O–H groups in total. The van der Waals surface area contributed by atoms with Gasteiger partial charge in [-0.2, -0.15) is 0 Å². The first-order valence-electron chi connectivity index (χ1n) is 6.46. The van der Waals surface area contributed by atoms with Crippen molar-refractivity contribution in [3.05, 3.63) is 64.1 Å². The van der Waals surface area contributed by atoms with Gasteiger partial charge >= 0.3 is 0 Å². The topological polar surface area (TPSA) is 58.6 Å². The maximum Gasteiger partial charge on any atom is 0.253 e. The van der Waals surface area contributed by atoms with Crippen LogP contribution in [0.2, 0.25) is 0 Å². The number of aliphatic hydroxyl groups excluding tert-OH is 1. The molecule has 0 aromatic heterocycles. The van der Waals surface area contributed by atoms with Crippen molar-refractivity contribution < 1.29 is 14.6 Å². The Morgan fingerprint density at radius 3 is 2.62 bits per heavy atom. The van der Waals surface area contributed by atoms with Crippen molar-refractivity contribution in [2.75, 3.05) is 13.7 Å². The summed E-state index contributed by atoms with van der Waals surface area (Å²) in [5.41, 5.74) is 1.32. The van der Waals surface area contributed by atoms with Gasteiger partial charge in [0.2, 0.25) is 0 Å². The SMILES string of the molecule is COc1ccc(Br)c(C(=O)N[C@@H](CO)c2ccccc2)c1. The maximum absolute atomic E-state index is 12.4. The molecule has 0 heterocycles. The van der Waals surface area contributed by atoms with Crippen LogP contribution in [0.5, 0.6) is 5.75 Å². The number of aliphatic hydroxyl groups is 1. The Hall–Kier alpha value is -1.85. The number of benzene rings is 2. The minimum atomic E-state index is -0.447. The van der Waals surface area contributed by atoms with Crippen LogP contribution >= 0.6 is 15.9 Å². The zero-order valence-electron chi connectivity index (χ0n) is 11.5. The van der Waals surface area contributed by atoms with Gasteiger partial charge in [-0.15, -0.1) is 0 Å². The lowest BCUT2D eigenvalue weighted by atomic mass is 10.1.